The fourth-order valence-corrected chi connectivity index (χ4v) is 3.46. The molecule has 0 aromatic carbocycles. The summed E-state index contributed by atoms with van der Waals surface area (Å²) in [4.78, 5) is 16.8. The SMILES string of the molecule is Cc1cn2c(n1)CCC(NC(=O)C(C)c1ccsc1)C2. The van der Waals surface area contributed by atoms with Gasteiger partial charge in [0.2, 0.25) is 5.91 Å². The van der Waals surface area contributed by atoms with E-state index in [1.165, 1.54) is 0 Å². The van der Waals surface area contributed by atoms with Gasteiger partial charge in [-0.3, -0.25) is 4.79 Å². The zero-order chi connectivity index (χ0) is 14.1. The lowest BCUT2D eigenvalue weighted by atomic mass is 10.0. The molecule has 0 spiro atoms. The number of thiophene rings is 1. The zero-order valence-corrected chi connectivity index (χ0v) is 12.6. The van der Waals surface area contributed by atoms with Crippen LogP contribution in [0.5, 0.6) is 0 Å². The van der Waals surface area contributed by atoms with Crippen molar-refractivity contribution in [1.29, 1.82) is 0 Å². The summed E-state index contributed by atoms with van der Waals surface area (Å²) in [6.07, 6.45) is 3.97. The summed E-state index contributed by atoms with van der Waals surface area (Å²) in [6.45, 7) is 4.81. The number of nitrogens with zero attached hydrogens (tertiary/aromatic N) is 2. The number of amides is 1. The molecule has 0 saturated carbocycles. The van der Waals surface area contributed by atoms with Crippen molar-refractivity contribution in [3.8, 4) is 0 Å². The van der Waals surface area contributed by atoms with Crippen molar-refractivity contribution in [3.05, 3.63) is 40.1 Å². The maximum absolute atomic E-state index is 12.3. The number of rotatable bonds is 3. The summed E-state index contributed by atoms with van der Waals surface area (Å²) >= 11 is 1.63. The molecule has 1 amide bonds. The highest BCUT2D eigenvalue weighted by atomic mass is 32.1. The number of imidazole rings is 1. The van der Waals surface area contributed by atoms with Gasteiger partial charge in [0.25, 0.3) is 0 Å². The second-order valence-electron chi connectivity index (χ2n) is 5.47. The molecule has 5 heteroatoms. The molecule has 106 valence electrons. The smallest absolute Gasteiger partial charge is 0.227 e. The first kappa shape index (κ1) is 13.4. The second-order valence-corrected chi connectivity index (χ2v) is 6.25. The van der Waals surface area contributed by atoms with Crippen molar-refractivity contribution in [1.82, 2.24) is 14.9 Å². The maximum atomic E-state index is 12.3. The third-order valence-electron chi connectivity index (χ3n) is 3.90. The quantitative estimate of drug-likeness (QED) is 0.943. The van der Waals surface area contributed by atoms with Crippen LogP contribution in [0.25, 0.3) is 0 Å². The van der Waals surface area contributed by atoms with E-state index in [1.54, 1.807) is 11.3 Å². The minimum atomic E-state index is -0.0767. The first-order valence-electron chi connectivity index (χ1n) is 6.98. The van der Waals surface area contributed by atoms with Gasteiger partial charge in [-0.1, -0.05) is 0 Å². The van der Waals surface area contributed by atoms with Crippen LogP contribution in [-0.2, 0) is 17.8 Å². The molecule has 1 aliphatic rings. The van der Waals surface area contributed by atoms with E-state index in [1.807, 2.05) is 30.7 Å². The fourth-order valence-electron chi connectivity index (χ4n) is 2.70. The molecule has 20 heavy (non-hydrogen) atoms. The number of hydrogen-bond donors (Lipinski definition) is 1. The molecule has 4 nitrogen and oxygen atoms in total. The van der Waals surface area contributed by atoms with Crippen LogP contribution in [0, 0.1) is 6.92 Å². The van der Waals surface area contributed by atoms with E-state index < -0.39 is 0 Å². The van der Waals surface area contributed by atoms with Gasteiger partial charge >= 0.3 is 0 Å². The van der Waals surface area contributed by atoms with Gasteiger partial charge in [0.15, 0.2) is 0 Å². The molecule has 0 bridgehead atoms. The lowest BCUT2D eigenvalue weighted by Crippen LogP contribution is -2.42. The van der Waals surface area contributed by atoms with E-state index in [0.29, 0.717) is 0 Å². The molecule has 3 rings (SSSR count). The third kappa shape index (κ3) is 2.63. The van der Waals surface area contributed by atoms with Gasteiger partial charge in [0.05, 0.1) is 11.6 Å². The average molecular weight is 289 g/mol. The van der Waals surface area contributed by atoms with Crippen molar-refractivity contribution in [3.63, 3.8) is 0 Å². The Labute approximate surface area is 122 Å². The molecule has 0 radical (unpaired) electrons. The molecule has 2 atom stereocenters. The van der Waals surface area contributed by atoms with Gasteiger partial charge in [-0.2, -0.15) is 11.3 Å². The highest BCUT2D eigenvalue weighted by molar-refractivity contribution is 7.08. The van der Waals surface area contributed by atoms with Crippen LogP contribution in [0.15, 0.2) is 23.0 Å². The summed E-state index contributed by atoms with van der Waals surface area (Å²) in [5.74, 6) is 1.18. The minimum absolute atomic E-state index is 0.0767. The van der Waals surface area contributed by atoms with Crippen molar-refractivity contribution < 1.29 is 4.79 Å². The topological polar surface area (TPSA) is 46.9 Å². The highest BCUT2D eigenvalue weighted by Gasteiger charge is 2.23. The van der Waals surface area contributed by atoms with Crippen molar-refractivity contribution in [2.75, 3.05) is 0 Å². The van der Waals surface area contributed by atoms with Crippen LogP contribution in [-0.4, -0.2) is 21.5 Å². The highest BCUT2D eigenvalue weighted by Crippen LogP contribution is 2.20. The fraction of sp³-hybridized carbons (Fsp3) is 0.467. The summed E-state index contributed by atoms with van der Waals surface area (Å²) in [6, 6.07) is 2.23. The van der Waals surface area contributed by atoms with E-state index in [4.69, 9.17) is 0 Å². The van der Waals surface area contributed by atoms with Crippen LogP contribution < -0.4 is 5.32 Å². The molecule has 3 heterocycles. The Morgan fingerprint density at radius 2 is 2.45 bits per heavy atom. The largest absolute Gasteiger partial charge is 0.351 e. The number of aryl methyl sites for hydroxylation is 2. The lowest BCUT2D eigenvalue weighted by molar-refractivity contribution is -0.123. The number of carbonyl (C=O) groups is 1. The molecule has 0 saturated heterocycles. The minimum Gasteiger partial charge on any atom is -0.351 e. The maximum Gasteiger partial charge on any atom is 0.227 e. The van der Waals surface area contributed by atoms with Crippen LogP contribution >= 0.6 is 11.3 Å². The summed E-state index contributed by atoms with van der Waals surface area (Å²) in [7, 11) is 0. The van der Waals surface area contributed by atoms with Crippen molar-refractivity contribution >= 4 is 17.2 Å². The number of carbonyl (C=O) groups excluding carboxylic acids is 1. The molecule has 1 aliphatic heterocycles. The van der Waals surface area contributed by atoms with E-state index in [9.17, 15) is 4.79 Å². The molecule has 2 aromatic heterocycles. The van der Waals surface area contributed by atoms with Crippen LogP contribution in [0.3, 0.4) is 0 Å². The average Bonchev–Trinajstić information content (AvgIpc) is 3.05. The zero-order valence-electron chi connectivity index (χ0n) is 11.8. The Balaban J connectivity index is 1.63. The number of fused-ring (bicyclic) bond motifs is 1. The van der Waals surface area contributed by atoms with Gasteiger partial charge in [0.1, 0.15) is 5.82 Å². The second kappa shape index (κ2) is 5.40. The van der Waals surface area contributed by atoms with E-state index >= 15 is 0 Å². The number of hydrogen-bond acceptors (Lipinski definition) is 3. The Kier molecular flexibility index (Phi) is 3.61. The summed E-state index contributed by atoms with van der Waals surface area (Å²) < 4.78 is 2.17. The van der Waals surface area contributed by atoms with Gasteiger partial charge in [-0.05, 0) is 42.7 Å². The van der Waals surface area contributed by atoms with E-state index in [2.05, 4.69) is 21.1 Å². The molecule has 2 aromatic rings. The standard InChI is InChI=1S/C15H19N3OS/c1-10-7-18-8-13(3-4-14(18)16-10)17-15(19)11(2)12-5-6-20-9-12/h5-7,9,11,13H,3-4,8H2,1-2H3,(H,17,19). The molecule has 2 unspecified atom stereocenters. The van der Waals surface area contributed by atoms with Crippen LogP contribution in [0.1, 0.15) is 36.3 Å². The molecular weight excluding hydrogens is 270 g/mol. The Morgan fingerprint density at radius 3 is 3.20 bits per heavy atom. The van der Waals surface area contributed by atoms with Crippen LogP contribution in [0.2, 0.25) is 0 Å². The van der Waals surface area contributed by atoms with Gasteiger partial charge in [-0.15, -0.1) is 0 Å². The Bertz CT molecular complexity index is 603. The molecule has 0 fully saturated rings. The Morgan fingerprint density at radius 1 is 1.60 bits per heavy atom. The predicted molar refractivity (Wildman–Crippen MR) is 79.9 cm³/mol. The van der Waals surface area contributed by atoms with Gasteiger partial charge < -0.3 is 9.88 Å². The van der Waals surface area contributed by atoms with Crippen LogP contribution in [0.4, 0.5) is 0 Å². The van der Waals surface area contributed by atoms with Gasteiger partial charge in [0, 0.05) is 25.2 Å². The van der Waals surface area contributed by atoms with Crippen molar-refractivity contribution in [2.24, 2.45) is 0 Å². The first-order chi connectivity index (χ1) is 9.63. The first-order valence-corrected chi connectivity index (χ1v) is 7.93. The monoisotopic (exact) mass is 289 g/mol. The number of nitrogens with one attached hydrogen (secondary N) is 1. The normalized spacial score (nSPS) is 19.4. The number of aromatic nitrogens is 2. The van der Waals surface area contributed by atoms with Gasteiger partial charge in [-0.25, -0.2) is 4.98 Å². The molecule has 1 N–H and O–H groups in total. The molecular formula is C15H19N3OS. The lowest BCUT2D eigenvalue weighted by Gasteiger charge is -2.26. The third-order valence-corrected chi connectivity index (χ3v) is 4.60. The predicted octanol–water partition coefficient (Wildman–Crippen LogP) is 2.49. The summed E-state index contributed by atoms with van der Waals surface area (Å²) in [5.41, 5.74) is 2.15. The molecule has 0 aliphatic carbocycles. The summed E-state index contributed by atoms with van der Waals surface area (Å²) in [5, 5.41) is 7.23. The van der Waals surface area contributed by atoms with E-state index in [0.717, 1.165) is 36.5 Å². The van der Waals surface area contributed by atoms with E-state index in [-0.39, 0.29) is 17.9 Å². The Hall–Kier alpha value is -1.62. The van der Waals surface area contributed by atoms with Crippen molar-refractivity contribution in [2.45, 2.75) is 45.2 Å².